The molecule has 0 radical (unpaired) electrons. The molecule has 1 atom stereocenters. The van der Waals surface area contributed by atoms with E-state index in [0.29, 0.717) is 29.1 Å². The van der Waals surface area contributed by atoms with E-state index in [2.05, 4.69) is 10.3 Å². The van der Waals surface area contributed by atoms with Gasteiger partial charge in [-0.3, -0.25) is 14.4 Å². The summed E-state index contributed by atoms with van der Waals surface area (Å²) < 4.78 is 0. The van der Waals surface area contributed by atoms with E-state index in [0.717, 1.165) is 11.3 Å². The number of aryl methyl sites for hydroxylation is 2. The van der Waals surface area contributed by atoms with E-state index in [9.17, 15) is 14.4 Å². The number of nitrogens with zero attached hydrogens (tertiary/aromatic N) is 1. The predicted molar refractivity (Wildman–Crippen MR) is 99.7 cm³/mol. The molecule has 6 nitrogen and oxygen atoms in total. The van der Waals surface area contributed by atoms with Crippen molar-refractivity contribution in [1.82, 2.24) is 10.3 Å². The summed E-state index contributed by atoms with van der Waals surface area (Å²) in [6.45, 7) is 7.42. The van der Waals surface area contributed by atoms with E-state index in [4.69, 9.17) is 0 Å². The van der Waals surface area contributed by atoms with Crippen molar-refractivity contribution in [2.24, 2.45) is 0 Å². The lowest BCUT2D eigenvalue weighted by molar-refractivity contribution is -0.117. The van der Waals surface area contributed by atoms with Crippen molar-refractivity contribution in [1.29, 1.82) is 0 Å². The second kappa shape index (κ2) is 6.78. The zero-order chi connectivity index (χ0) is 19.0. The lowest BCUT2D eigenvalue weighted by atomic mass is 10.1. The lowest BCUT2D eigenvalue weighted by Gasteiger charge is -2.18. The number of H-pyrrole nitrogens is 1. The van der Waals surface area contributed by atoms with Crippen molar-refractivity contribution < 1.29 is 14.4 Å². The Kier molecular flexibility index (Phi) is 4.68. The maximum atomic E-state index is 12.7. The molecule has 2 heterocycles. The van der Waals surface area contributed by atoms with Crippen LogP contribution in [0, 0.1) is 20.8 Å². The van der Waals surface area contributed by atoms with Crippen LogP contribution in [0.15, 0.2) is 24.3 Å². The molecule has 1 aliphatic heterocycles. The molecule has 1 fully saturated rings. The summed E-state index contributed by atoms with van der Waals surface area (Å²) in [6, 6.07) is 7.49. The zero-order valence-corrected chi connectivity index (χ0v) is 15.5. The Hall–Kier alpha value is -2.89. The number of anilines is 1. The number of rotatable bonds is 4. The van der Waals surface area contributed by atoms with Gasteiger partial charge in [0.15, 0.2) is 5.78 Å². The van der Waals surface area contributed by atoms with Crippen molar-refractivity contribution >= 4 is 23.3 Å². The molecule has 1 aliphatic rings. The van der Waals surface area contributed by atoms with Gasteiger partial charge in [-0.2, -0.15) is 0 Å². The maximum Gasteiger partial charge on any atom is 0.253 e. The minimum absolute atomic E-state index is 0.00663. The predicted octanol–water partition coefficient (Wildman–Crippen LogP) is 2.68. The minimum atomic E-state index is -0.259. The molecule has 1 aromatic carbocycles. The van der Waals surface area contributed by atoms with E-state index in [1.54, 1.807) is 18.7 Å². The smallest absolute Gasteiger partial charge is 0.253 e. The van der Waals surface area contributed by atoms with Crippen LogP contribution < -0.4 is 10.2 Å². The Balaban J connectivity index is 1.75. The molecule has 1 aromatic heterocycles. The molecule has 0 unspecified atom stereocenters. The van der Waals surface area contributed by atoms with Crippen molar-refractivity contribution in [2.75, 3.05) is 11.4 Å². The number of Topliss-reactive ketones (excluding diaryl/α,β-unsaturated/α-hetero) is 1. The van der Waals surface area contributed by atoms with E-state index in [1.807, 2.05) is 31.2 Å². The van der Waals surface area contributed by atoms with Crippen LogP contribution in [-0.2, 0) is 4.79 Å². The van der Waals surface area contributed by atoms with Crippen LogP contribution in [0.1, 0.15) is 51.0 Å². The quantitative estimate of drug-likeness (QED) is 0.829. The Bertz CT molecular complexity index is 898. The molecule has 6 heteroatoms. The van der Waals surface area contributed by atoms with Gasteiger partial charge in [0.05, 0.1) is 17.3 Å². The Morgan fingerprint density at radius 2 is 1.96 bits per heavy atom. The Morgan fingerprint density at radius 3 is 2.58 bits per heavy atom. The summed E-state index contributed by atoms with van der Waals surface area (Å²) in [6.07, 6.45) is 0.266. The number of amides is 2. The summed E-state index contributed by atoms with van der Waals surface area (Å²) in [7, 11) is 0. The first-order chi connectivity index (χ1) is 12.3. The topological polar surface area (TPSA) is 82.3 Å². The second-order valence-corrected chi connectivity index (χ2v) is 6.90. The highest BCUT2D eigenvalue weighted by atomic mass is 16.2. The van der Waals surface area contributed by atoms with Crippen LogP contribution in [0.2, 0.25) is 0 Å². The number of ketones is 1. The van der Waals surface area contributed by atoms with Gasteiger partial charge >= 0.3 is 0 Å². The highest BCUT2D eigenvalue weighted by Gasteiger charge is 2.32. The molecular weight excluding hydrogens is 330 g/mol. The summed E-state index contributed by atoms with van der Waals surface area (Å²) in [5, 5.41) is 2.94. The van der Waals surface area contributed by atoms with Crippen LogP contribution in [0.25, 0.3) is 0 Å². The summed E-state index contributed by atoms with van der Waals surface area (Å²) in [5.74, 6) is -0.369. The molecule has 2 amide bonds. The number of aromatic nitrogens is 1. The first kappa shape index (κ1) is 17.9. The van der Waals surface area contributed by atoms with Crippen LogP contribution in [-0.4, -0.2) is 35.2 Å². The molecule has 0 spiro atoms. The SMILES string of the molecule is CC(=O)c1[nH]c(C)c(C(=O)N[C@H]2CC(=O)N(c3cccc(C)c3)C2)c1C. The van der Waals surface area contributed by atoms with E-state index < -0.39 is 0 Å². The molecule has 0 saturated carbocycles. The van der Waals surface area contributed by atoms with Crippen molar-refractivity contribution in [3.05, 3.63) is 52.3 Å². The number of hydrogen-bond acceptors (Lipinski definition) is 3. The monoisotopic (exact) mass is 353 g/mol. The van der Waals surface area contributed by atoms with Crippen molar-refractivity contribution in [3.63, 3.8) is 0 Å². The van der Waals surface area contributed by atoms with E-state index in [1.165, 1.54) is 6.92 Å². The standard InChI is InChI=1S/C20H23N3O3/c1-11-6-5-7-16(8-11)23-10-15(9-17(23)25)22-20(26)18-12(2)19(14(4)24)21-13(18)3/h5-8,15,21H,9-10H2,1-4H3,(H,22,26)/t15-/m0/s1. The fourth-order valence-corrected chi connectivity index (χ4v) is 3.55. The van der Waals surface area contributed by atoms with Gasteiger partial charge in [0.1, 0.15) is 0 Å². The average molecular weight is 353 g/mol. The molecule has 0 aliphatic carbocycles. The largest absolute Gasteiger partial charge is 0.355 e. The molecule has 0 bridgehead atoms. The summed E-state index contributed by atoms with van der Waals surface area (Å²) in [4.78, 5) is 41.4. The molecule has 26 heavy (non-hydrogen) atoms. The fourth-order valence-electron chi connectivity index (χ4n) is 3.55. The van der Waals surface area contributed by atoms with Crippen LogP contribution >= 0.6 is 0 Å². The Labute approximate surface area is 152 Å². The zero-order valence-electron chi connectivity index (χ0n) is 15.5. The molecule has 136 valence electrons. The number of aromatic amines is 1. The number of benzene rings is 1. The second-order valence-electron chi connectivity index (χ2n) is 6.90. The normalized spacial score (nSPS) is 16.8. The number of carbonyl (C=O) groups is 3. The Morgan fingerprint density at radius 1 is 1.23 bits per heavy atom. The fraction of sp³-hybridized carbons (Fsp3) is 0.350. The van der Waals surface area contributed by atoms with Crippen LogP contribution in [0.4, 0.5) is 5.69 Å². The van der Waals surface area contributed by atoms with Gasteiger partial charge in [-0.1, -0.05) is 12.1 Å². The van der Waals surface area contributed by atoms with Crippen LogP contribution in [0.3, 0.4) is 0 Å². The molecule has 2 N–H and O–H groups in total. The summed E-state index contributed by atoms with van der Waals surface area (Å²) in [5.41, 5.74) is 4.17. The van der Waals surface area contributed by atoms with Gasteiger partial charge in [0.2, 0.25) is 5.91 Å². The van der Waals surface area contributed by atoms with Gasteiger partial charge in [-0.25, -0.2) is 0 Å². The lowest BCUT2D eigenvalue weighted by Crippen LogP contribution is -2.37. The highest BCUT2D eigenvalue weighted by Crippen LogP contribution is 2.24. The molecule has 1 saturated heterocycles. The van der Waals surface area contributed by atoms with Crippen molar-refractivity contribution in [2.45, 2.75) is 40.2 Å². The first-order valence-corrected chi connectivity index (χ1v) is 8.66. The molecular formula is C20H23N3O3. The summed E-state index contributed by atoms with van der Waals surface area (Å²) >= 11 is 0. The third-order valence-corrected chi connectivity index (χ3v) is 4.79. The minimum Gasteiger partial charge on any atom is -0.355 e. The first-order valence-electron chi connectivity index (χ1n) is 8.66. The third kappa shape index (κ3) is 3.27. The number of carbonyl (C=O) groups excluding carboxylic acids is 3. The third-order valence-electron chi connectivity index (χ3n) is 4.79. The van der Waals surface area contributed by atoms with E-state index >= 15 is 0 Å². The highest BCUT2D eigenvalue weighted by molar-refractivity contribution is 6.03. The van der Waals surface area contributed by atoms with Gasteiger partial charge in [0.25, 0.3) is 5.91 Å². The number of nitrogens with one attached hydrogen (secondary N) is 2. The maximum absolute atomic E-state index is 12.7. The van der Waals surface area contributed by atoms with E-state index in [-0.39, 0.29) is 30.1 Å². The van der Waals surface area contributed by atoms with Gasteiger partial charge in [-0.05, 0) is 44.0 Å². The number of hydrogen-bond donors (Lipinski definition) is 2. The van der Waals surface area contributed by atoms with Crippen molar-refractivity contribution in [3.8, 4) is 0 Å². The van der Waals surface area contributed by atoms with Gasteiger partial charge in [-0.15, -0.1) is 0 Å². The van der Waals surface area contributed by atoms with Crippen LogP contribution in [0.5, 0.6) is 0 Å². The molecule has 2 aromatic rings. The molecule has 3 rings (SSSR count). The average Bonchev–Trinajstić information content (AvgIpc) is 3.06. The van der Waals surface area contributed by atoms with Gasteiger partial charge in [0, 0.05) is 31.3 Å². The van der Waals surface area contributed by atoms with Gasteiger partial charge < -0.3 is 15.2 Å².